The molecule has 3 N–H and O–H groups in total. The number of benzene rings is 1. The summed E-state index contributed by atoms with van der Waals surface area (Å²) in [4.78, 5) is 11.3. The van der Waals surface area contributed by atoms with E-state index in [9.17, 15) is 9.90 Å². The van der Waals surface area contributed by atoms with Crippen LogP contribution in [0.25, 0.3) is 0 Å². The molecular formula is C15H22N2O3. The number of rotatable bonds is 5. The third-order valence-corrected chi connectivity index (χ3v) is 3.47. The first-order chi connectivity index (χ1) is 9.49. The largest absolute Gasteiger partial charge is 0.493 e. The summed E-state index contributed by atoms with van der Waals surface area (Å²) in [6.45, 7) is 6.74. The van der Waals surface area contributed by atoms with Crippen LogP contribution in [-0.4, -0.2) is 23.7 Å². The number of nitrogens with one attached hydrogen (secondary N) is 2. The van der Waals surface area contributed by atoms with Crippen LogP contribution in [0.2, 0.25) is 0 Å². The van der Waals surface area contributed by atoms with Crippen LogP contribution < -0.4 is 15.6 Å². The van der Waals surface area contributed by atoms with Gasteiger partial charge in [0.15, 0.2) is 0 Å². The van der Waals surface area contributed by atoms with Crippen molar-refractivity contribution in [2.45, 2.75) is 32.9 Å². The van der Waals surface area contributed by atoms with Gasteiger partial charge >= 0.3 is 5.97 Å². The Kier molecular flexibility index (Phi) is 4.62. The lowest BCUT2D eigenvalue weighted by Gasteiger charge is -2.17. The summed E-state index contributed by atoms with van der Waals surface area (Å²) in [5.41, 5.74) is 6.99. The zero-order valence-corrected chi connectivity index (χ0v) is 12.1. The van der Waals surface area contributed by atoms with E-state index in [0.29, 0.717) is 12.5 Å². The van der Waals surface area contributed by atoms with Crippen molar-refractivity contribution in [1.82, 2.24) is 10.9 Å². The van der Waals surface area contributed by atoms with E-state index in [-0.39, 0.29) is 12.1 Å². The highest BCUT2D eigenvalue weighted by molar-refractivity contribution is 5.72. The molecule has 0 aromatic heterocycles. The Hall–Kier alpha value is -1.59. The van der Waals surface area contributed by atoms with Crippen LogP contribution in [0.15, 0.2) is 24.3 Å². The zero-order valence-electron chi connectivity index (χ0n) is 12.1. The maximum atomic E-state index is 11.3. The maximum absolute atomic E-state index is 11.3. The van der Waals surface area contributed by atoms with Crippen molar-refractivity contribution in [2.24, 2.45) is 11.8 Å². The molecule has 0 saturated carbocycles. The fourth-order valence-corrected chi connectivity index (χ4v) is 2.37. The number of hydrogen-bond acceptors (Lipinski definition) is 4. The van der Waals surface area contributed by atoms with E-state index in [0.717, 1.165) is 11.3 Å². The van der Waals surface area contributed by atoms with Gasteiger partial charge in [0.25, 0.3) is 0 Å². The zero-order chi connectivity index (χ0) is 14.7. The van der Waals surface area contributed by atoms with Crippen LogP contribution >= 0.6 is 0 Å². The third-order valence-electron chi connectivity index (χ3n) is 3.47. The lowest BCUT2D eigenvalue weighted by atomic mass is 9.90. The molecule has 0 bridgehead atoms. The lowest BCUT2D eigenvalue weighted by molar-refractivity contribution is -0.142. The Morgan fingerprint density at radius 3 is 2.50 bits per heavy atom. The van der Waals surface area contributed by atoms with Crippen LogP contribution in [0.4, 0.5) is 0 Å². The number of carboxylic acid groups (broad SMARTS) is 1. The predicted molar refractivity (Wildman–Crippen MR) is 76.4 cm³/mol. The van der Waals surface area contributed by atoms with Crippen molar-refractivity contribution in [2.75, 3.05) is 6.61 Å². The SMILES string of the molecule is CC(C)COc1ccc(C2NNC(C)C2C(=O)O)cc1. The molecule has 5 heteroatoms. The second kappa shape index (κ2) is 6.24. The summed E-state index contributed by atoms with van der Waals surface area (Å²) in [5.74, 6) is 0.0264. The summed E-state index contributed by atoms with van der Waals surface area (Å²) < 4.78 is 5.63. The van der Waals surface area contributed by atoms with E-state index < -0.39 is 11.9 Å². The number of hydrogen-bond donors (Lipinski definition) is 3. The summed E-state index contributed by atoms with van der Waals surface area (Å²) in [6.07, 6.45) is 0. The first kappa shape index (κ1) is 14.8. The molecule has 3 atom stereocenters. The third kappa shape index (κ3) is 3.29. The number of hydrazine groups is 1. The van der Waals surface area contributed by atoms with Gasteiger partial charge < -0.3 is 9.84 Å². The van der Waals surface area contributed by atoms with E-state index in [1.807, 2.05) is 31.2 Å². The van der Waals surface area contributed by atoms with Crippen molar-refractivity contribution in [3.63, 3.8) is 0 Å². The van der Waals surface area contributed by atoms with Gasteiger partial charge in [-0.25, -0.2) is 5.43 Å². The molecular weight excluding hydrogens is 256 g/mol. The molecule has 0 radical (unpaired) electrons. The van der Waals surface area contributed by atoms with Crippen molar-refractivity contribution in [3.05, 3.63) is 29.8 Å². The highest BCUT2D eigenvalue weighted by Crippen LogP contribution is 2.29. The summed E-state index contributed by atoms with van der Waals surface area (Å²) >= 11 is 0. The van der Waals surface area contributed by atoms with Crippen LogP contribution in [0.3, 0.4) is 0 Å². The van der Waals surface area contributed by atoms with Crippen molar-refractivity contribution in [1.29, 1.82) is 0 Å². The molecule has 5 nitrogen and oxygen atoms in total. The smallest absolute Gasteiger partial charge is 0.310 e. The molecule has 1 aromatic carbocycles. The molecule has 1 aromatic rings. The molecule has 20 heavy (non-hydrogen) atoms. The quantitative estimate of drug-likeness (QED) is 0.768. The molecule has 1 fully saturated rings. The molecule has 110 valence electrons. The summed E-state index contributed by atoms with van der Waals surface area (Å²) in [7, 11) is 0. The van der Waals surface area contributed by atoms with E-state index in [4.69, 9.17) is 4.74 Å². The standard InChI is InChI=1S/C15H22N2O3/c1-9(2)8-20-12-6-4-11(5-7-12)14-13(15(18)19)10(3)16-17-14/h4-7,9-10,13-14,16-17H,8H2,1-3H3,(H,18,19). The number of aliphatic carboxylic acids is 1. The van der Waals surface area contributed by atoms with E-state index in [2.05, 4.69) is 24.7 Å². The lowest BCUT2D eigenvalue weighted by Crippen LogP contribution is -2.30. The van der Waals surface area contributed by atoms with Gasteiger partial charge in [-0.15, -0.1) is 0 Å². The van der Waals surface area contributed by atoms with Crippen LogP contribution in [0, 0.1) is 11.8 Å². The number of carbonyl (C=O) groups is 1. The first-order valence-electron chi connectivity index (χ1n) is 6.95. The first-order valence-corrected chi connectivity index (χ1v) is 6.95. The van der Waals surface area contributed by atoms with Crippen LogP contribution in [0.1, 0.15) is 32.4 Å². The Labute approximate surface area is 119 Å². The average Bonchev–Trinajstić information content (AvgIpc) is 2.79. The highest BCUT2D eigenvalue weighted by Gasteiger charge is 2.39. The van der Waals surface area contributed by atoms with Gasteiger partial charge in [0.2, 0.25) is 0 Å². The van der Waals surface area contributed by atoms with Gasteiger partial charge in [0.1, 0.15) is 5.75 Å². The Bertz CT molecular complexity index is 459. The molecule has 1 aliphatic heterocycles. The molecule has 0 spiro atoms. The topological polar surface area (TPSA) is 70.6 Å². The van der Waals surface area contributed by atoms with Gasteiger partial charge in [-0.2, -0.15) is 0 Å². The van der Waals surface area contributed by atoms with Crippen molar-refractivity contribution < 1.29 is 14.6 Å². The minimum atomic E-state index is -0.792. The molecule has 0 amide bonds. The fourth-order valence-electron chi connectivity index (χ4n) is 2.37. The minimum Gasteiger partial charge on any atom is -0.493 e. The van der Waals surface area contributed by atoms with E-state index in [1.165, 1.54) is 0 Å². The van der Waals surface area contributed by atoms with Gasteiger partial charge in [-0.3, -0.25) is 10.2 Å². The Morgan fingerprint density at radius 1 is 1.30 bits per heavy atom. The second-order valence-electron chi connectivity index (χ2n) is 5.69. The highest BCUT2D eigenvalue weighted by atomic mass is 16.5. The average molecular weight is 278 g/mol. The molecule has 1 heterocycles. The summed E-state index contributed by atoms with van der Waals surface area (Å²) in [5, 5.41) is 9.31. The van der Waals surface area contributed by atoms with Gasteiger partial charge in [-0.1, -0.05) is 26.0 Å². The van der Waals surface area contributed by atoms with Crippen LogP contribution in [0.5, 0.6) is 5.75 Å². The van der Waals surface area contributed by atoms with Gasteiger partial charge in [0, 0.05) is 6.04 Å². The maximum Gasteiger partial charge on any atom is 0.310 e. The number of carboxylic acids is 1. The monoisotopic (exact) mass is 278 g/mol. The van der Waals surface area contributed by atoms with Gasteiger partial charge in [0.05, 0.1) is 18.6 Å². The Balaban J connectivity index is 2.07. The van der Waals surface area contributed by atoms with Gasteiger partial charge in [-0.05, 0) is 30.5 Å². The molecule has 3 unspecified atom stereocenters. The van der Waals surface area contributed by atoms with Crippen molar-refractivity contribution >= 4 is 5.97 Å². The number of ether oxygens (including phenoxy) is 1. The molecule has 1 aliphatic rings. The predicted octanol–water partition coefficient (Wildman–Crippen LogP) is 1.96. The molecule has 0 aliphatic carbocycles. The van der Waals surface area contributed by atoms with Crippen LogP contribution in [-0.2, 0) is 4.79 Å². The Morgan fingerprint density at radius 2 is 1.95 bits per heavy atom. The van der Waals surface area contributed by atoms with Crippen molar-refractivity contribution in [3.8, 4) is 5.75 Å². The summed E-state index contributed by atoms with van der Waals surface area (Å²) in [6, 6.07) is 7.30. The van der Waals surface area contributed by atoms with E-state index in [1.54, 1.807) is 0 Å². The minimum absolute atomic E-state index is 0.102. The fraction of sp³-hybridized carbons (Fsp3) is 0.533. The van der Waals surface area contributed by atoms with E-state index >= 15 is 0 Å². The normalized spacial score (nSPS) is 25.9. The second-order valence-corrected chi connectivity index (χ2v) is 5.69. The molecule has 1 saturated heterocycles. The molecule has 2 rings (SSSR count).